The van der Waals surface area contributed by atoms with Gasteiger partial charge in [-0.15, -0.1) is 0 Å². The molecule has 2 aliphatic rings. The largest absolute Gasteiger partial charge is 0.491 e. The van der Waals surface area contributed by atoms with Gasteiger partial charge in [0.15, 0.2) is 0 Å². The zero-order valence-corrected chi connectivity index (χ0v) is 14.5. The number of fused-ring (bicyclic) bond motifs is 1. The normalized spacial score (nSPS) is 17.3. The van der Waals surface area contributed by atoms with Crippen molar-refractivity contribution >= 4 is 11.6 Å². The predicted molar refractivity (Wildman–Crippen MR) is 96.1 cm³/mol. The molecule has 5 nitrogen and oxygen atoms in total. The summed E-state index contributed by atoms with van der Waals surface area (Å²) in [4.78, 5) is 16.8. The van der Waals surface area contributed by atoms with Gasteiger partial charge in [-0.1, -0.05) is 0 Å². The minimum absolute atomic E-state index is 0.113. The van der Waals surface area contributed by atoms with E-state index >= 15 is 0 Å². The smallest absolute Gasteiger partial charge is 0.254 e. The van der Waals surface area contributed by atoms with Crippen LogP contribution in [-0.2, 0) is 11.3 Å². The van der Waals surface area contributed by atoms with Crippen molar-refractivity contribution in [2.45, 2.75) is 6.54 Å². The number of rotatable bonds is 2. The zero-order chi connectivity index (χ0) is 17.9. The van der Waals surface area contributed by atoms with Crippen molar-refractivity contribution in [3.05, 3.63) is 59.4 Å². The first-order valence-corrected chi connectivity index (χ1v) is 8.84. The summed E-state index contributed by atoms with van der Waals surface area (Å²) in [6, 6.07) is 11.8. The lowest BCUT2D eigenvalue weighted by Crippen LogP contribution is -2.36. The Bertz CT molecular complexity index is 788. The molecule has 0 bridgehead atoms. The Labute approximate surface area is 151 Å². The van der Waals surface area contributed by atoms with Gasteiger partial charge >= 0.3 is 0 Å². The molecule has 4 rings (SSSR count). The quantitative estimate of drug-likeness (QED) is 0.830. The van der Waals surface area contributed by atoms with Crippen molar-refractivity contribution in [3.63, 3.8) is 0 Å². The van der Waals surface area contributed by atoms with Crippen LogP contribution in [0.2, 0.25) is 0 Å². The molecule has 26 heavy (non-hydrogen) atoms. The maximum atomic E-state index is 13.1. The van der Waals surface area contributed by atoms with Gasteiger partial charge in [0.2, 0.25) is 0 Å². The van der Waals surface area contributed by atoms with Crippen LogP contribution >= 0.6 is 0 Å². The predicted octanol–water partition coefficient (Wildman–Crippen LogP) is 2.70. The second kappa shape index (κ2) is 7.33. The molecule has 0 aliphatic carbocycles. The number of anilines is 1. The topological polar surface area (TPSA) is 42.0 Å². The maximum Gasteiger partial charge on any atom is 0.254 e. The lowest BCUT2D eigenvalue weighted by Gasteiger charge is -2.29. The molecule has 2 heterocycles. The van der Waals surface area contributed by atoms with E-state index in [1.807, 2.05) is 6.07 Å². The minimum Gasteiger partial charge on any atom is -0.491 e. The lowest BCUT2D eigenvalue weighted by molar-refractivity contribution is 0.0733. The summed E-state index contributed by atoms with van der Waals surface area (Å²) < 4.78 is 24.4. The Morgan fingerprint density at radius 2 is 1.73 bits per heavy atom. The van der Waals surface area contributed by atoms with Gasteiger partial charge in [0.25, 0.3) is 5.91 Å². The van der Waals surface area contributed by atoms with Crippen molar-refractivity contribution in [3.8, 4) is 5.75 Å². The van der Waals surface area contributed by atoms with E-state index in [-0.39, 0.29) is 11.7 Å². The molecule has 0 spiro atoms. The van der Waals surface area contributed by atoms with Crippen LogP contribution in [0.3, 0.4) is 0 Å². The van der Waals surface area contributed by atoms with E-state index in [2.05, 4.69) is 17.0 Å². The second-order valence-corrected chi connectivity index (χ2v) is 6.47. The third-order valence-corrected chi connectivity index (χ3v) is 4.78. The molecule has 136 valence electrons. The summed E-state index contributed by atoms with van der Waals surface area (Å²) >= 11 is 0. The average Bonchev–Trinajstić information content (AvgIpc) is 2.90. The van der Waals surface area contributed by atoms with Crippen LogP contribution in [0.1, 0.15) is 15.9 Å². The molecule has 0 unspecified atom stereocenters. The number of hydrogen-bond donors (Lipinski definition) is 0. The Morgan fingerprint density at radius 1 is 0.962 bits per heavy atom. The van der Waals surface area contributed by atoms with Crippen LogP contribution in [0.25, 0.3) is 0 Å². The second-order valence-electron chi connectivity index (χ2n) is 6.47. The average molecular weight is 356 g/mol. The molecule has 6 heteroatoms. The Kier molecular flexibility index (Phi) is 4.75. The first kappa shape index (κ1) is 16.8. The number of halogens is 1. The van der Waals surface area contributed by atoms with Crippen LogP contribution in [0, 0.1) is 5.82 Å². The fraction of sp³-hybridized carbons (Fsp3) is 0.350. The number of benzene rings is 2. The number of carbonyl (C=O) groups excluding carboxylic acids is 1. The molecule has 0 aromatic heterocycles. The van der Waals surface area contributed by atoms with E-state index in [0.29, 0.717) is 25.3 Å². The summed E-state index contributed by atoms with van der Waals surface area (Å²) in [6.07, 6.45) is 0. The molecule has 2 aliphatic heterocycles. The van der Waals surface area contributed by atoms with Crippen LogP contribution < -0.4 is 9.64 Å². The standard InChI is InChI=1S/C20H21FN2O3/c21-17-3-1-15(2-4-17)20(24)23-9-12-26-19-6-5-18(13-16(19)14-23)22-7-10-25-11-8-22/h1-6,13H,7-12,14H2. The summed E-state index contributed by atoms with van der Waals surface area (Å²) in [5, 5.41) is 0. The molecule has 1 fully saturated rings. The fourth-order valence-corrected chi connectivity index (χ4v) is 3.35. The summed E-state index contributed by atoms with van der Waals surface area (Å²) in [6.45, 7) is 4.58. The van der Waals surface area contributed by atoms with E-state index < -0.39 is 0 Å². The number of morpholine rings is 1. The van der Waals surface area contributed by atoms with Gasteiger partial charge in [-0.25, -0.2) is 4.39 Å². The van der Waals surface area contributed by atoms with Crippen molar-refractivity contribution < 1.29 is 18.7 Å². The van der Waals surface area contributed by atoms with Gasteiger partial charge in [0.05, 0.1) is 19.8 Å². The first-order chi connectivity index (χ1) is 12.7. The Balaban J connectivity index is 1.56. The molecule has 2 aromatic rings. The van der Waals surface area contributed by atoms with E-state index in [1.165, 1.54) is 24.3 Å². The van der Waals surface area contributed by atoms with E-state index in [0.717, 1.165) is 43.3 Å². The molecule has 1 amide bonds. The van der Waals surface area contributed by atoms with Crippen molar-refractivity contribution in [1.29, 1.82) is 0 Å². The van der Waals surface area contributed by atoms with Crippen molar-refractivity contribution in [1.82, 2.24) is 4.90 Å². The number of ether oxygens (including phenoxy) is 2. The molecular weight excluding hydrogens is 335 g/mol. The minimum atomic E-state index is -0.346. The van der Waals surface area contributed by atoms with E-state index in [1.54, 1.807) is 4.90 Å². The van der Waals surface area contributed by atoms with E-state index in [9.17, 15) is 9.18 Å². The van der Waals surface area contributed by atoms with Gasteiger partial charge in [0, 0.05) is 36.4 Å². The Morgan fingerprint density at radius 3 is 2.50 bits per heavy atom. The monoisotopic (exact) mass is 356 g/mol. The fourth-order valence-electron chi connectivity index (χ4n) is 3.35. The van der Waals surface area contributed by atoms with Gasteiger partial charge in [-0.05, 0) is 42.5 Å². The van der Waals surface area contributed by atoms with Gasteiger partial charge in [-0.2, -0.15) is 0 Å². The highest BCUT2D eigenvalue weighted by molar-refractivity contribution is 5.94. The summed E-state index contributed by atoms with van der Waals surface area (Å²) in [5.41, 5.74) is 2.59. The van der Waals surface area contributed by atoms with Crippen LogP contribution in [0.4, 0.5) is 10.1 Å². The first-order valence-electron chi connectivity index (χ1n) is 8.84. The lowest BCUT2D eigenvalue weighted by atomic mass is 10.1. The molecule has 1 saturated heterocycles. The van der Waals surface area contributed by atoms with Crippen molar-refractivity contribution in [2.75, 3.05) is 44.4 Å². The van der Waals surface area contributed by atoms with E-state index in [4.69, 9.17) is 9.47 Å². The molecular formula is C20H21FN2O3. The highest BCUT2D eigenvalue weighted by atomic mass is 19.1. The molecule has 2 aromatic carbocycles. The molecule has 0 N–H and O–H groups in total. The summed E-state index contributed by atoms with van der Waals surface area (Å²) in [7, 11) is 0. The van der Waals surface area contributed by atoms with Crippen LogP contribution in [0.5, 0.6) is 5.75 Å². The zero-order valence-electron chi connectivity index (χ0n) is 14.5. The summed E-state index contributed by atoms with van der Waals surface area (Å²) in [5.74, 6) is 0.357. The van der Waals surface area contributed by atoms with Gasteiger partial charge in [0.1, 0.15) is 18.2 Å². The van der Waals surface area contributed by atoms with Crippen LogP contribution in [0.15, 0.2) is 42.5 Å². The highest BCUT2D eigenvalue weighted by Gasteiger charge is 2.22. The van der Waals surface area contributed by atoms with Gasteiger partial charge < -0.3 is 19.3 Å². The third-order valence-electron chi connectivity index (χ3n) is 4.78. The van der Waals surface area contributed by atoms with Crippen LogP contribution in [-0.4, -0.2) is 50.3 Å². The van der Waals surface area contributed by atoms with Crippen molar-refractivity contribution in [2.24, 2.45) is 0 Å². The maximum absolute atomic E-state index is 13.1. The Hall–Kier alpha value is -2.60. The molecule has 0 atom stereocenters. The number of amides is 1. The molecule has 0 saturated carbocycles. The molecule has 0 radical (unpaired) electrons. The number of carbonyl (C=O) groups is 1. The third kappa shape index (κ3) is 3.51. The number of nitrogens with zero attached hydrogens (tertiary/aromatic N) is 2. The highest BCUT2D eigenvalue weighted by Crippen LogP contribution is 2.29. The SMILES string of the molecule is O=C(c1ccc(F)cc1)N1CCOc2ccc(N3CCOCC3)cc2C1. The van der Waals surface area contributed by atoms with Gasteiger partial charge in [-0.3, -0.25) is 4.79 Å². The number of hydrogen-bond acceptors (Lipinski definition) is 4.